The molecule has 0 aromatic heterocycles. The molecule has 2 aromatic rings. The van der Waals surface area contributed by atoms with Crippen molar-refractivity contribution in [3.8, 4) is 22.6 Å². The van der Waals surface area contributed by atoms with Gasteiger partial charge in [0, 0.05) is 20.9 Å². The van der Waals surface area contributed by atoms with Gasteiger partial charge in [-0.3, -0.25) is 0 Å². The van der Waals surface area contributed by atoms with E-state index in [4.69, 9.17) is 9.47 Å². The van der Waals surface area contributed by atoms with Gasteiger partial charge < -0.3 is 9.47 Å². The Balaban J connectivity index is 2.32. The van der Waals surface area contributed by atoms with E-state index < -0.39 is 0 Å². The monoisotopic (exact) mass is 276 g/mol. The van der Waals surface area contributed by atoms with Crippen LogP contribution in [0.2, 0.25) is 0 Å². The van der Waals surface area contributed by atoms with Crippen LogP contribution >= 0.6 is 21.6 Å². The molecule has 18 heavy (non-hydrogen) atoms. The molecule has 0 spiro atoms. The summed E-state index contributed by atoms with van der Waals surface area (Å²) in [5.74, 6) is 1.79. The van der Waals surface area contributed by atoms with E-state index >= 15 is 0 Å². The van der Waals surface area contributed by atoms with Crippen molar-refractivity contribution in [3.05, 3.63) is 36.4 Å². The molecule has 92 valence electrons. The summed E-state index contributed by atoms with van der Waals surface area (Å²) < 4.78 is 11.0. The fraction of sp³-hybridized carbons (Fsp3) is 0.143. The van der Waals surface area contributed by atoms with Crippen LogP contribution in [-0.2, 0) is 0 Å². The molecule has 2 nitrogen and oxygen atoms in total. The summed E-state index contributed by atoms with van der Waals surface area (Å²) in [6.45, 7) is 0. The van der Waals surface area contributed by atoms with Crippen LogP contribution in [0.15, 0.2) is 46.2 Å². The maximum atomic E-state index is 5.49. The highest BCUT2D eigenvalue weighted by molar-refractivity contribution is 8.76. The third-order valence-corrected chi connectivity index (χ3v) is 5.34. The largest absolute Gasteiger partial charge is 0.496 e. The number of benzene rings is 2. The average molecular weight is 276 g/mol. The summed E-state index contributed by atoms with van der Waals surface area (Å²) >= 11 is 0. The van der Waals surface area contributed by atoms with Gasteiger partial charge in [-0.15, -0.1) is 0 Å². The van der Waals surface area contributed by atoms with Gasteiger partial charge in [-0.05, 0) is 24.3 Å². The van der Waals surface area contributed by atoms with Gasteiger partial charge in [0.05, 0.1) is 14.2 Å². The molecule has 0 saturated heterocycles. The predicted molar refractivity (Wildman–Crippen MR) is 76.7 cm³/mol. The molecule has 0 fully saturated rings. The molecule has 1 heterocycles. The molecular weight excluding hydrogens is 264 g/mol. The van der Waals surface area contributed by atoms with Crippen LogP contribution in [0.3, 0.4) is 0 Å². The molecule has 0 bridgehead atoms. The molecule has 1 aliphatic heterocycles. The Bertz CT molecular complexity index is 514. The van der Waals surface area contributed by atoms with Crippen LogP contribution in [0.5, 0.6) is 11.5 Å². The normalized spacial score (nSPS) is 12.6. The SMILES string of the molecule is COc1cccc2c1-c1c(OC)cccc1SS2. The number of hydrogen-bond acceptors (Lipinski definition) is 4. The van der Waals surface area contributed by atoms with Crippen LogP contribution in [0.25, 0.3) is 11.1 Å². The highest BCUT2D eigenvalue weighted by atomic mass is 33.1. The first-order valence-corrected chi connectivity index (χ1v) is 7.69. The second-order valence-corrected chi connectivity index (χ2v) is 6.05. The summed E-state index contributed by atoms with van der Waals surface area (Å²) in [7, 11) is 6.93. The van der Waals surface area contributed by atoms with E-state index in [1.807, 2.05) is 24.3 Å². The topological polar surface area (TPSA) is 18.5 Å². The van der Waals surface area contributed by atoms with Crippen LogP contribution in [-0.4, -0.2) is 14.2 Å². The highest BCUT2D eigenvalue weighted by Crippen LogP contribution is 2.56. The van der Waals surface area contributed by atoms with Crippen molar-refractivity contribution in [1.82, 2.24) is 0 Å². The molecule has 2 aromatic carbocycles. The predicted octanol–water partition coefficient (Wildman–Crippen LogP) is 4.48. The van der Waals surface area contributed by atoms with Crippen molar-refractivity contribution in [2.45, 2.75) is 9.79 Å². The van der Waals surface area contributed by atoms with Gasteiger partial charge in [0.2, 0.25) is 0 Å². The minimum absolute atomic E-state index is 0.894. The Morgan fingerprint density at radius 1 is 0.722 bits per heavy atom. The molecule has 0 N–H and O–H groups in total. The van der Waals surface area contributed by atoms with E-state index in [1.54, 1.807) is 35.8 Å². The number of hydrogen-bond donors (Lipinski definition) is 0. The lowest BCUT2D eigenvalue weighted by Crippen LogP contribution is -1.97. The standard InChI is InChI=1S/C14H12O2S2/c1-15-9-5-3-7-11-13(9)14-10(16-2)6-4-8-12(14)18-17-11/h3-8H,1-2H3. The van der Waals surface area contributed by atoms with E-state index in [-0.39, 0.29) is 0 Å². The fourth-order valence-electron chi connectivity index (χ4n) is 2.08. The first-order valence-electron chi connectivity index (χ1n) is 5.54. The second-order valence-electron chi connectivity index (χ2n) is 3.83. The van der Waals surface area contributed by atoms with Crippen LogP contribution < -0.4 is 9.47 Å². The third kappa shape index (κ3) is 1.76. The molecule has 1 aliphatic rings. The minimum Gasteiger partial charge on any atom is -0.496 e. The van der Waals surface area contributed by atoms with E-state index in [9.17, 15) is 0 Å². The molecule has 0 atom stereocenters. The Kier molecular flexibility index (Phi) is 3.14. The van der Waals surface area contributed by atoms with Crippen molar-refractivity contribution in [3.63, 3.8) is 0 Å². The molecule has 0 aliphatic carbocycles. The summed E-state index contributed by atoms with van der Waals surface area (Å²) in [5.41, 5.74) is 2.27. The Labute approximate surface area is 114 Å². The van der Waals surface area contributed by atoms with Crippen molar-refractivity contribution < 1.29 is 9.47 Å². The van der Waals surface area contributed by atoms with Gasteiger partial charge >= 0.3 is 0 Å². The fourth-order valence-corrected chi connectivity index (χ4v) is 4.48. The molecule has 4 heteroatoms. The van der Waals surface area contributed by atoms with Gasteiger partial charge in [-0.2, -0.15) is 0 Å². The molecular formula is C14H12O2S2. The average Bonchev–Trinajstić information content (AvgIpc) is 2.45. The van der Waals surface area contributed by atoms with E-state index in [0.717, 1.165) is 22.6 Å². The lowest BCUT2D eigenvalue weighted by molar-refractivity contribution is 0.408. The number of rotatable bonds is 2. The number of fused-ring (bicyclic) bond motifs is 3. The van der Waals surface area contributed by atoms with Gasteiger partial charge in [-0.1, -0.05) is 33.7 Å². The van der Waals surface area contributed by atoms with E-state index in [0.29, 0.717) is 0 Å². The lowest BCUT2D eigenvalue weighted by Gasteiger charge is -2.22. The molecule has 0 unspecified atom stereocenters. The van der Waals surface area contributed by atoms with Gasteiger partial charge in [0.1, 0.15) is 11.5 Å². The Morgan fingerprint density at radius 3 is 1.56 bits per heavy atom. The van der Waals surface area contributed by atoms with Gasteiger partial charge in [0.25, 0.3) is 0 Å². The third-order valence-electron chi connectivity index (χ3n) is 2.89. The molecule has 0 amide bonds. The first-order chi connectivity index (χ1) is 8.85. The van der Waals surface area contributed by atoms with Gasteiger partial charge in [0.15, 0.2) is 0 Å². The first kappa shape index (κ1) is 11.8. The quantitative estimate of drug-likeness (QED) is 0.752. The molecule has 0 saturated carbocycles. The van der Waals surface area contributed by atoms with E-state index in [1.165, 1.54) is 9.79 Å². The van der Waals surface area contributed by atoms with Crippen LogP contribution in [0, 0.1) is 0 Å². The number of ether oxygens (including phenoxy) is 2. The van der Waals surface area contributed by atoms with Crippen LogP contribution in [0.1, 0.15) is 0 Å². The molecule has 3 rings (SSSR count). The molecule has 0 radical (unpaired) electrons. The van der Waals surface area contributed by atoms with Crippen molar-refractivity contribution in [1.29, 1.82) is 0 Å². The Morgan fingerprint density at radius 2 is 1.17 bits per heavy atom. The summed E-state index contributed by atoms with van der Waals surface area (Å²) in [6.07, 6.45) is 0. The zero-order valence-corrected chi connectivity index (χ0v) is 11.7. The van der Waals surface area contributed by atoms with E-state index in [2.05, 4.69) is 12.1 Å². The second kappa shape index (κ2) is 4.78. The summed E-state index contributed by atoms with van der Waals surface area (Å²) in [4.78, 5) is 2.44. The lowest BCUT2D eigenvalue weighted by atomic mass is 10.0. The van der Waals surface area contributed by atoms with Crippen molar-refractivity contribution in [2.75, 3.05) is 14.2 Å². The number of methoxy groups -OCH3 is 2. The smallest absolute Gasteiger partial charge is 0.128 e. The summed E-state index contributed by atoms with van der Waals surface area (Å²) in [5, 5.41) is 0. The maximum absolute atomic E-state index is 5.49. The zero-order chi connectivity index (χ0) is 12.5. The minimum atomic E-state index is 0.894. The van der Waals surface area contributed by atoms with Crippen molar-refractivity contribution in [2.24, 2.45) is 0 Å². The Hall–Kier alpha value is -1.26. The summed E-state index contributed by atoms with van der Waals surface area (Å²) in [6, 6.07) is 12.3. The van der Waals surface area contributed by atoms with Crippen molar-refractivity contribution >= 4 is 21.6 Å². The maximum Gasteiger partial charge on any atom is 0.128 e. The van der Waals surface area contributed by atoms with Crippen LogP contribution in [0.4, 0.5) is 0 Å². The highest BCUT2D eigenvalue weighted by Gasteiger charge is 2.24. The van der Waals surface area contributed by atoms with Gasteiger partial charge in [-0.25, -0.2) is 0 Å². The zero-order valence-electron chi connectivity index (χ0n) is 10.1.